The highest BCUT2D eigenvalue weighted by molar-refractivity contribution is 5.55. The molecule has 0 bridgehead atoms. The molecule has 2 aromatic heterocycles. The third-order valence-electron chi connectivity index (χ3n) is 3.33. The lowest BCUT2D eigenvalue weighted by Gasteiger charge is -2.07. The molecule has 7 heteroatoms. The van der Waals surface area contributed by atoms with E-state index in [0.717, 1.165) is 17.1 Å². The molecule has 7 nitrogen and oxygen atoms in total. The molecular weight excluding hydrogens is 282 g/mol. The van der Waals surface area contributed by atoms with Crippen LogP contribution in [0.15, 0.2) is 35.1 Å². The van der Waals surface area contributed by atoms with E-state index in [0.29, 0.717) is 18.1 Å². The Morgan fingerprint density at radius 3 is 2.68 bits per heavy atom. The van der Waals surface area contributed by atoms with Gasteiger partial charge in [0.15, 0.2) is 0 Å². The van der Waals surface area contributed by atoms with Crippen molar-refractivity contribution in [2.45, 2.75) is 26.3 Å². The van der Waals surface area contributed by atoms with E-state index in [1.807, 2.05) is 28.8 Å². The van der Waals surface area contributed by atoms with E-state index in [4.69, 9.17) is 9.26 Å². The number of rotatable bonds is 5. The Morgan fingerprint density at radius 2 is 2.00 bits per heavy atom. The van der Waals surface area contributed by atoms with Crippen molar-refractivity contribution in [3.63, 3.8) is 0 Å². The van der Waals surface area contributed by atoms with Gasteiger partial charge in [0.25, 0.3) is 0 Å². The molecule has 0 unspecified atom stereocenters. The summed E-state index contributed by atoms with van der Waals surface area (Å²) in [5, 5.41) is 12.1. The molecule has 0 radical (unpaired) electrons. The molecule has 0 aliphatic heterocycles. The third kappa shape index (κ3) is 2.83. The highest BCUT2D eigenvalue weighted by Crippen LogP contribution is 2.20. The van der Waals surface area contributed by atoms with Crippen LogP contribution in [-0.4, -0.2) is 32.0 Å². The van der Waals surface area contributed by atoms with E-state index < -0.39 is 0 Å². The minimum atomic E-state index is 0.286. The van der Waals surface area contributed by atoms with Gasteiger partial charge in [0.2, 0.25) is 11.7 Å². The van der Waals surface area contributed by atoms with Gasteiger partial charge in [-0.1, -0.05) is 5.16 Å². The fourth-order valence-corrected chi connectivity index (χ4v) is 2.14. The Hall–Kier alpha value is -2.70. The standard InChI is InChI=1S/C15H17N5O2/c1-10(2)20-9-16-18-13(20)8-14-17-15(19-22-14)11-4-6-12(21-3)7-5-11/h4-7,9-10H,8H2,1-3H3. The maximum atomic E-state index is 5.31. The fourth-order valence-electron chi connectivity index (χ4n) is 2.14. The van der Waals surface area contributed by atoms with Gasteiger partial charge in [0, 0.05) is 11.6 Å². The summed E-state index contributed by atoms with van der Waals surface area (Å²) in [7, 11) is 1.63. The molecule has 3 rings (SSSR count). The first-order valence-corrected chi connectivity index (χ1v) is 7.02. The molecule has 0 atom stereocenters. The minimum absolute atomic E-state index is 0.286. The topological polar surface area (TPSA) is 78.9 Å². The maximum absolute atomic E-state index is 5.31. The molecule has 0 amide bonds. The van der Waals surface area contributed by atoms with E-state index >= 15 is 0 Å². The van der Waals surface area contributed by atoms with Crippen LogP contribution in [0.2, 0.25) is 0 Å². The summed E-state index contributed by atoms with van der Waals surface area (Å²) in [6.07, 6.45) is 2.17. The number of hydrogen-bond acceptors (Lipinski definition) is 6. The quantitative estimate of drug-likeness (QED) is 0.720. The lowest BCUT2D eigenvalue weighted by atomic mass is 10.2. The smallest absolute Gasteiger partial charge is 0.234 e. The zero-order valence-electron chi connectivity index (χ0n) is 12.7. The molecule has 0 aliphatic rings. The highest BCUT2D eigenvalue weighted by atomic mass is 16.5. The summed E-state index contributed by atoms with van der Waals surface area (Å²) < 4.78 is 12.4. The molecule has 0 spiro atoms. The van der Waals surface area contributed by atoms with Gasteiger partial charge in [-0.15, -0.1) is 10.2 Å². The molecule has 0 fully saturated rings. The Morgan fingerprint density at radius 1 is 1.23 bits per heavy atom. The van der Waals surface area contributed by atoms with Gasteiger partial charge in [0.1, 0.15) is 17.9 Å². The number of methoxy groups -OCH3 is 1. The van der Waals surface area contributed by atoms with Crippen LogP contribution in [0, 0.1) is 0 Å². The first-order chi connectivity index (χ1) is 10.7. The Balaban J connectivity index is 1.79. The molecule has 0 saturated carbocycles. The summed E-state index contributed by atoms with van der Waals surface area (Å²) in [6.45, 7) is 4.15. The average molecular weight is 299 g/mol. The Kier molecular flexibility index (Phi) is 3.86. The molecule has 2 heterocycles. The van der Waals surface area contributed by atoms with Crippen LogP contribution < -0.4 is 4.74 Å². The van der Waals surface area contributed by atoms with E-state index in [2.05, 4.69) is 34.2 Å². The van der Waals surface area contributed by atoms with E-state index in [-0.39, 0.29) is 6.04 Å². The van der Waals surface area contributed by atoms with Crippen LogP contribution in [-0.2, 0) is 6.42 Å². The molecule has 0 saturated heterocycles. The van der Waals surface area contributed by atoms with Crippen LogP contribution >= 0.6 is 0 Å². The van der Waals surface area contributed by atoms with Gasteiger partial charge in [0.05, 0.1) is 13.5 Å². The maximum Gasteiger partial charge on any atom is 0.234 e. The van der Waals surface area contributed by atoms with Gasteiger partial charge in [-0.2, -0.15) is 4.98 Å². The predicted molar refractivity (Wildman–Crippen MR) is 79.5 cm³/mol. The van der Waals surface area contributed by atoms with Crippen LogP contribution in [0.25, 0.3) is 11.4 Å². The molecule has 0 aliphatic carbocycles. The number of benzene rings is 1. The number of aromatic nitrogens is 5. The van der Waals surface area contributed by atoms with E-state index in [9.17, 15) is 0 Å². The van der Waals surface area contributed by atoms with Crippen LogP contribution in [0.1, 0.15) is 31.6 Å². The minimum Gasteiger partial charge on any atom is -0.497 e. The molecule has 1 aromatic carbocycles. The SMILES string of the molecule is COc1ccc(-c2noc(Cc3nncn3C(C)C)n2)cc1. The lowest BCUT2D eigenvalue weighted by molar-refractivity contribution is 0.381. The van der Waals surface area contributed by atoms with Gasteiger partial charge >= 0.3 is 0 Å². The van der Waals surface area contributed by atoms with Crippen molar-refractivity contribution in [2.24, 2.45) is 0 Å². The summed E-state index contributed by atoms with van der Waals surface area (Å²) >= 11 is 0. The number of ether oxygens (including phenoxy) is 1. The van der Waals surface area contributed by atoms with Crippen molar-refractivity contribution in [3.05, 3.63) is 42.3 Å². The second kappa shape index (κ2) is 5.97. The van der Waals surface area contributed by atoms with Gasteiger partial charge < -0.3 is 13.8 Å². The van der Waals surface area contributed by atoms with Gasteiger partial charge in [-0.25, -0.2) is 0 Å². The lowest BCUT2D eigenvalue weighted by Crippen LogP contribution is -2.06. The molecule has 0 N–H and O–H groups in total. The van der Waals surface area contributed by atoms with Crippen molar-refractivity contribution in [2.75, 3.05) is 7.11 Å². The van der Waals surface area contributed by atoms with Crippen molar-refractivity contribution < 1.29 is 9.26 Å². The van der Waals surface area contributed by atoms with Crippen LogP contribution in [0.3, 0.4) is 0 Å². The third-order valence-corrected chi connectivity index (χ3v) is 3.33. The van der Waals surface area contributed by atoms with Gasteiger partial charge in [-0.3, -0.25) is 0 Å². The first-order valence-electron chi connectivity index (χ1n) is 7.02. The second-order valence-electron chi connectivity index (χ2n) is 5.17. The molecule has 22 heavy (non-hydrogen) atoms. The summed E-state index contributed by atoms with van der Waals surface area (Å²) in [6, 6.07) is 7.80. The van der Waals surface area contributed by atoms with E-state index in [1.54, 1.807) is 13.4 Å². The second-order valence-corrected chi connectivity index (χ2v) is 5.17. The largest absolute Gasteiger partial charge is 0.497 e. The van der Waals surface area contributed by atoms with Crippen molar-refractivity contribution in [3.8, 4) is 17.1 Å². The van der Waals surface area contributed by atoms with E-state index in [1.165, 1.54) is 0 Å². The van der Waals surface area contributed by atoms with Crippen molar-refractivity contribution in [1.82, 2.24) is 24.9 Å². The van der Waals surface area contributed by atoms with Gasteiger partial charge in [-0.05, 0) is 38.1 Å². The number of nitrogens with zero attached hydrogens (tertiary/aromatic N) is 5. The average Bonchev–Trinajstić information content (AvgIpc) is 3.17. The zero-order valence-corrected chi connectivity index (χ0v) is 12.7. The summed E-state index contributed by atoms with van der Waals surface area (Å²) in [5.41, 5.74) is 0.876. The molecule has 3 aromatic rings. The Labute approximate surface area is 127 Å². The van der Waals surface area contributed by atoms with Crippen molar-refractivity contribution >= 4 is 0 Å². The monoisotopic (exact) mass is 299 g/mol. The first kappa shape index (κ1) is 14.2. The summed E-state index contributed by atoms with van der Waals surface area (Å²) in [5.74, 6) is 2.66. The normalized spacial score (nSPS) is 11.1. The highest BCUT2D eigenvalue weighted by Gasteiger charge is 2.14. The summed E-state index contributed by atoms with van der Waals surface area (Å²) in [4.78, 5) is 4.41. The fraction of sp³-hybridized carbons (Fsp3) is 0.333. The Bertz CT molecular complexity index is 745. The van der Waals surface area contributed by atoms with Crippen LogP contribution in [0.4, 0.5) is 0 Å². The molecular formula is C15H17N5O2. The van der Waals surface area contributed by atoms with Crippen LogP contribution in [0.5, 0.6) is 5.75 Å². The predicted octanol–water partition coefficient (Wildman–Crippen LogP) is 2.51. The van der Waals surface area contributed by atoms with Crippen molar-refractivity contribution in [1.29, 1.82) is 0 Å². The molecule has 114 valence electrons. The zero-order chi connectivity index (χ0) is 15.5. The number of hydrogen-bond donors (Lipinski definition) is 0.